The number of rotatable bonds is 3. The summed E-state index contributed by atoms with van der Waals surface area (Å²) in [4.78, 5) is 0. The van der Waals surface area contributed by atoms with Crippen LogP contribution in [0.4, 0.5) is 0 Å². The molecule has 1 nitrogen and oxygen atoms in total. The molecule has 1 aromatic carbocycles. The standard InChI is InChI=1S/C13H19N/c1-11(14)9-10-13(2,3)12-7-5-4-6-8-12/h4-11H,14H2,1-3H3/b10-9+. The highest BCUT2D eigenvalue weighted by Crippen LogP contribution is 2.24. The molecule has 0 radical (unpaired) electrons. The monoisotopic (exact) mass is 189 g/mol. The van der Waals surface area contributed by atoms with E-state index in [9.17, 15) is 0 Å². The van der Waals surface area contributed by atoms with Gasteiger partial charge in [-0.15, -0.1) is 0 Å². The highest BCUT2D eigenvalue weighted by Gasteiger charge is 2.15. The van der Waals surface area contributed by atoms with E-state index in [1.807, 2.05) is 19.1 Å². The summed E-state index contributed by atoms with van der Waals surface area (Å²) in [5.41, 5.74) is 7.07. The number of benzene rings is 1. The minimum absolute atomic E-state index is 0.0644. The van der Waals surface area contributed by atoms with Gasteiger partial charge in [0.25, 0.3) is 0 Å². The van der Waals surface area contributed by atoms with Crippen molar-refractivity contribution in [2.24, 2.45) is 5.73 Å². The van der Waals surface area contributed by atoms with Gasteiger partial charge in [-0.1, -0.05) is 56.3 Å². The summed E-state index contributed by atoms with van der Waals surface area (Å²) in [6.45, 7) is 6.38. The maximum atomic E-state index is 5.69. The lowest BCUT2D eigenvalue weighted by Gasteiger charge is -2.21. The second-order valence-electron chi connectivity index (χ2n) is 4.31. The molecule has 2 N–H and O–H groups in total. The van der Waals surface area contributed by atoms with Gasteiger partial charge in [0.2, 0.25) is 0 Å². The molecule has 0 aliphatic rings. The first-order chi connectivity index (χ1) is 6.52. The van der Waals surface area contributed by atoms with Gasteiger partial charge in [0.1, 0.15) is 0 Å². The van der Waals surface area contributed by atoms with Gasteiger partial charge in [0.05, 0.1) is 0 Å². The minimum Gasteiger partial charge on any atom is -0.325 e. The topological polar surface area (TPSA) is 26.0 Å². The van der Waals surface area contributed by atoms with E-state index in [-0.39, 0.29) is 11.5 Å². The van der Waals surface area contributed by atoms with E-state index in [1.165, 1.54) is 5.56 Å². The Bertz CT molecular complexity index is 296. The van der Waals surface area contributed by atoms with Crippen molar-refractivity contribution in [3.8, 4) is 0 Å². The lowest BCUT2D eigenvalue weighted by atomic mass is 9.84. The molecule has 0 amide bonds. The summed E-state index contributed by atoms with van der Waals surface area (Å²) in [5.74, 6) is 0. The number of hydrogen-bond donors (Lipinski definition) is 1. The molecular formula is C13H19N. The van der Waals surface area contributed by atoms with Gasteiger partial charge in [0.15, 0.2) is 0 Å². The van der Waals surface area contributed by atoms with Crippen molar-refractivity contribution in [3.05, 3.63) is 48.0 Å². The SMILES string of the molecule is CC(N)/C=C/C(C)(C)c1ccccc1. The third-order valence-corrected chi connectivity index (χ3v) is 2.33. The van der Waals surface area contributed by atoms with Crippen molar-refractivity contribution in [2.75, 3.05) is 0 Å². The smallest absolute Gasteiger partial charge is 0.0195 e. The number of allylic oxidation sites excluding steroid dienone is 1. The third-order valence-electron chi connectivity index (χ3n) is 2.33. The quantitative estimate of drug-likeness (QED) is 0.727. The maximum absolute atomic E-state index is 5.69. The first kappa shape index (κ1) is 11.0. The van der Waals surface area contributed by atoms with E-state index >= 15 is 0 Å². The van der Waals surface area contributed by atoms with Gasteiger partial charge in [-0.05, 0) is 12.5 Å². The summed E-state index contributed by atoms with van der Waals surface area (Å²) in [6.07, 6.45) is 4.22. The van der Waals surface area contributed by atoms with Crippen LogP contribution in [0.5, 0.6) is 0 Å². The average Bonchev–Trinajstić information content (AvgIpc) is 2.16. The normalized spacial score (nSPS) is 14.6. The number of nitrogens with two attached hydrogens (primary N) is 1. The van der Waals surface area contributed by atoms with Crippen molar-refractivity contribution < 1.29 is 0 Å². The van der Waals surface area contributed by atoms with E-state index < -0.39 is 0 Å². The zero-order chi connectivity index (χ0) is 10.6. The van der Waals surface area contributed by atoms with Crippen LogP contribution in [-0.4, -0.2) is 6.04 Å². The second-order valence-corrected chi connectivity index (χ2v) is 4.31. The molecule has 1 heteroatoms. The summed E-state index contributed by atoms with van der Waals surface area (Å²) >= 11 is 0. The zero-order valence-electron chi connectivity index (χ0n) is 9.20. The van der Waals surface area contributed by atoms with Crippen LogP contribution in [0, 0.1) is 0 Å². The Morgan fingerprint density at radius 1 is 1.21 bits per heavy atom. The van der Waals surface area contributed by atoms with Crippen LogP contribution < -0.4 is 5.73 Å². The largest absolute Gasteiger partial charge is 0.325 e. The van der Waals surface area contributed by atoms with Crippen LogP contribution in [0.25, 0.3) is 0 Å². The van der Waals surface area contributed by atoms with Gasteiger partial charge >= 0.3 is 0 Å². The van der Waals surface area contributed by atoms with Crippen molar-refractivity contribution >= 4 is 0 Å². The van der Waals surface area contributed by atoms with Crippen LogP contribution in [-0.2, 0) is 5.41 Å². The number of hydrogen-bond acceptors (Lipinski definition) is 1. The molecule has 0 fully saturated rings. The van der Waals surface area contributed by atoms with Crippen LogP contribution in [0.15, 0.2) is 42.5 Å². The molecule has 0 aliphatic carbocycles. The van der Waals surface area contributed by atoms with Crippen LogP contribution in [0.1, 0.15) is 26.3 Å². The van der Waals surface area contributed by atoms with Gasteiger partial charge in [-0.25, -0.2) is 0 Å². The van der Waals surface area contributed by atoms with Crippen LogP contribution in [0.3, 0.4) is 0 Å². The lowest BCUT2D eigenvalue weighted by Crippen LogP contribution is -2.17. The van der Waals surface area contributed by atoms with Crippen molar-refractivity contribution in [1.29, 1.82) is 0 Å². The molecule has 76 valence electrons. The predicted octanol–water partition coefficient (Wildman–Crippen LogP) is 2.87. The Kier molecular flexibility index (Phi) is 3.48. The highest BCUT2D eigenvalue weighted by molar-refractivity contribution is 5.28. The molecule has 0 aliphatic heterocycles. The molecule has 0 saturated carbocycles. The summed E-state index contributed by atoms with van der Waals surface area (Å²) in [7, 11) is 0. The van der Waals surface area contributed by atoms with E-state index in [0.717, 1.165) is 0 Å². The van der Waals surface area contributed by atoms with Crippen molar-refractivity contribution in [3.63, 3.8) is 0 Å². The van der Waals surface area contributed by atoms with Crippen LogP contribution in [0.2, 0.25) is 0 Å². The van der Waals surface area contributed by atoms with E-state index in [2.05, 4.69) is 44.2 Å². The van der Waals surface area contributed by atoms with Gasteiger partial charge in [0, 0.05) is 11.5 Å². The Balaban J connectivity index is 2.86. The summed E-state index contributed by atoms with van der Waals surface area (Å²) in [6, 6.07) is 10.6. The molecule has 1 rings (SSSR count). The molecule has 1 aromatic rings. The van der Waals surface area contributed by atoms with E-state index in [4.69, 9.17) is 5.73 Å². The third kappa shape index (κ3) is 3.00. The first-order valence-electron chi connectivity index (χ1n) is 5.03. The molecule has 0 bridgehead atoms. The van der Waals surface area contributed by atoms with E-state index in [1.54, 1.807) is 0 Å². The fourth-order valence-corrected chi connectivity index (χ4v) is 1.36. The Labute approximate surface area is 86.6 Å². The summed E-state index contributed by atoms with van der Waals surface area (Å²) < 4.78 is 0. The average molecular weight is 189 g/mol. The molecule has 0 saturated heterocycles. The highest BCUT2D eigenvalue weighted by atomic mass is 14.6. The Morgan fingerprint density at radius 2 is 1.79 bits per heavy atom. The Hall–Kier alpha value is -1.08. The first-order valence-corrected chi connectivity index (χ1v) is 5.03. The maximum Gasteiger partial charge on any atom is 0.0195 e. The molecule has 0 aromatic heterocycles. The fraction of sp³-hybridized carbons (Fsp3) is 0.385. The van der Waals surface area contributed by atoms with Crippen molar-refractivity contribution in [1.82, 2.24) is 0 Å². The molecule has 14 heavy (non-hydrogen) atoms. The van der Waals surface area contributed by atoms with Gasteiger partial charge in [-0.2, -0.15) is 0 Å². The zero-order valence-corrected chi connectivity index (χ0v) is 9.20. The lowest BCUT2D eigenvalue weighted by molar-refractivity contribution is 0.663. The minimum atomic E-state index is 0.0644. The summed E-state index contributed by atoms with van der Waals surface area (Å²) in [5, 5.41) is 0. The molecule has 0 spiro atoms. The van der Waals surface area contributed by atoms with E-state index in [0.29, 0.717) is 0 Å². The van der Waals surface area contributed by atoms with Crippen LogP contribution >= 0.6 is 0 Å². The molecule has 1 atom stereocenters. The van der Waals surface area contributed by atoms with Gasteiger partial charge in [-0.3, -0.25) is 0 Å². The molecule has 1 unspecified atom stereocenters. The van der Waals surface area contributed by atoms with Crippen molar-refractivity contribution in [2.45, 2.75) is 32.2 Å². The fourth-order valence-electron chi connectivity index (χ4n) is 1.36. The Morgan fingerprint density at radius 3 is 2.29 bits per heavy atom. The van der Waals surface area contributed by atoms with Gasteiger partial charge < -0.3 is 5.73 Å². The second kappa shape index (κ2) is 4.43. The predicted molar refractivity (Wildman–Crippen MR) is 62.3 cm³/mol. The molecular weight excluding hydrogens is 170 g/mol. The molecule has 0 heterocycles.